The molecule has 2 aliphatic rings. The van der Waals surface area contributed by atoms with E-state index in [-0.39, 0.29) is 11.6 Å². The molecular weight excluding hydrogens is 254 g/mol. The molecule has 0 aliphatic heterocycles. The lowest BCUT2D eigenvalue weighted by Crippen LogP contribution is -2.46. The van der Waals surface area contributed by atoms with Gasteiger partial charge in [0.2, 0.25) is 11.7 Å². The molecule has 1 heterocycles. The molecule has 20 heavy (non-hydrogen) atoms. The summed E-state index contributed by atoms with van der Waals surface area (Å²) in [5.74, 6) is 2.06. The number of nitrogens with zero attached hydrogens (tertiary/aromatic N) is 2. The number of aromatic nitrogens is 2. The van der Waals surface area contributed by atoms with Gasteiger partial charge in [-0.1, -0.05) is 24.4 Å². The van der Waals surface area contributed by atoms with Gasteiger partial charge < -0.3 is 14.6 Å². The molecule has 3 rings (SSSR count). The van der Waals surface area contributed by atoms with Crippen LogP contribution in [0.15, 0.2) is 4.52 Å². The third kappa shape index (κ3) is 2.88. The van der Waals surface area contributed by atoms with Gasteiger partial charge >= 0.3 is 0 Å². The molecule has 5 heteroatoms. The second-order valence-corrected chi connectivity index (χ2v) is 6.31. The van der Waals surface area contributed by atoms with Gasteiger partial charge in [0.25, 0.3) is 0 Å². The number of ether oxygens (including phenoxy) is 1. The zero-order valence-corrected chi connectivity index (χ0v) is 12.5. The Hall–Kier alpha value is -0.940. The van der Waals surface area contributed by atoms with E-state index in [4.69, 9.17) is 9.26 Å². The topological polar surface area (TPSA) is 60.2 Å². The predicted octanol–water partition coefficient (Wildman–Crippen LogP) is 2.63. The largest absolute Gasteiger partial charge is 0.373 e. The summed E-state index contributed by atoms with van der Waals surface area (Å²) < 4.78 is 11.0. The monoisotopic (exact) mass is 279 g/mol. The van der Waals surface area contributed by atoms with Gasteiger partial charge in [0.1, 0.15) is 6.10 Å². The van der Waals surface area contributed by atoms with Crippen molar-refractivity contribution < 1.29 is 9.26 Å². The standard InChI is InChI=1S/C15H25N3O2/c1-16-15(8-4-3-5-9-15)10-12-17-14(18-20-12)13(19-2)11-6-7-11/h11,13,16H,3-10H2,1-2H3. The summed E-state index contributed by atoms with van der Waals surface area (Å²) in [4.78, 5) is 4.59. The highest BCUT2D eigenvalue weighted by atomic mass is 16.5. The van der Waals surface area contributed by atoms with E-state index in [1.54, 1.807) is 7.11 Å². The molecule has 2 saturated carbocycles. The number of nitrogens with one attached hydrogen (secondary N) is 1. The van der Waals surface area contributed by atoms with E-state index in [1.165, 1.54) is 44.9 Å². The van der Waals surface area contributed by atoms with E-state index in [0.717, 1.165) is 18.1 Å². The van der Waals surface area contributed by atoms with E-state index in [1.807, 2.05) is 7.05 Å². The Labute approximate surface area is 120 Å². The third-order valence-corrected chi connectivity index (χ3v) is 4.87. The van der Waals surface area contributed by atoms with E-state index < -0.39 is 0 Å². The van der Waals surface area contributed by atoms with Crippen molar-refractivity contribution in [2.24, 2.45) is 5.92 Å². The average molecular weight is 279 g/mol. The number of methoxy groups -OCH3 is 1. The maximum atomic E-state index is 5.51. The Morgan fingerprint density at radius 1 is 1.35 bits per heavy atom. The lowest BCUT2D eigenvalue weighted by atomic mass is 9.79. The van der Waals surface area contributed by atoms with Gasteiger partial charge in [-0.15, -0.1) is 0 Å². The van der Waals surface area contributed by atoms with Crippen molar-refractivity contribution in [1.29, 1.82) is 0 Å². The highest BCUT2D eigenvalue weighted by Crippen LogP contribution is 2.42. The van der Waals surface area contributed by atoms with Crippen molar-refractivity contribution in [3.8, 4) is 0 Å². The Balaban J connectivity index is 1.69. The van der Waals surface area contributed by atoms with Gasteiger partial charge in [-0.05, 0) is 38.6 Å². The maximum Gasteiger partial charge on any atom is 0.228 e. The summed E-state index contributed by atoms with van der Waals surface area (Å²) in [6.45, 7) is 0. The molecule has 0 radical (unpaired) electrons. The second-order valence-electron chi connectivity index (χ2n) is 6.31. The highest BCUT2D eigenvalue weighted by Gasteiger charge is 2.37. The fourth-order valence-corrected chi connectivity index (χ4v) is 3.40. The van der Waals surface area contributed by atoms with Crippen LogP contribution in [0.3, 0.4) is 0 Å². The first kappa shape index (κ1) is 14.0. The van der Waals surface area contributed by atoms with Crippen molar-refractivity contribution in [1.82, 2.24) is 15.5 Å². The van der Waals surface area contributed by atoms with Crippen molar-refractivity contribution in [2.45, 2.75) is 63.0 Å². The minimum Gasteiger partial charge on any atom is -0.373 e. The van der Waals surface area contributed by atoms with Crippen LogP contribution in [0.1, 0.15) is 62.8 Å². The van der Waals surface area contributed by atoms with Crippen LogP contribution < -0.4 is 5.32 Å². The Morgan fingerprint density at radius 3 is 2.70 bits per heavy atom. The highest BCUT2D eigenvalue weighted by molar-refractivity contribution is 5.02. The van der Waals surface area contributed by atoms with Crippen LogP contribution in [0.2, 0.25) is 0 Å². The van der Waals surface area contributed by atoms with Gasteiger partial charge in [-0.2, -0.15) is 4.98 Å². The predicted molar refractivity (Wildman–Crippen MR) is 75.4 cm³/mol. The molecule has 2 aliphatic carbocycles. The molecule has 0 aromatic carbocycles. The van der Waals surface area contributed by atoms with Crippen LogP contribution in [0, 0.1) is 5.92 Å². The fourth-order valence-electron chi connectivity index (χ4n) is 3.40. The summed E-state index contributed by atoms with van der Waals surface area (Å²) in [6, 6.07) is 0. The molecule has 1 unspecified atom stereocenters. The zero-order chi connectivity index (χ0) is 14.0. The second kappa shape index (κ2) is 5.82. The van der Waals surface area contributed by atoms with Crippen LogP contribution in [-0.4, -0.2) is 29.8 Å². The molecule has 1 aromatic rings. The van der Waals surface area contributed by atoms with Crippen LogP contribution in [0.4, 0.5) is 0 Å². The van der Waals surface area contributed by atoms with Gasteiger partial charge in [0, 0.05) is 19.1 Å². The van der Waals surface area contributed by atoms with Crippen LogP contribution in [0.25, 0.3) is 0 Å². The average Bonchev–Trinajstić information content (AvgIpc) is 3.21. The van der Waals surface area contributed by atoms with Gasteiger partial charge in [0.05, 0.1) is 0 Å². The molecule has 2 fully saturated rings. The van der Waals surface area contributed by atoms with E-state index in [2.05, 4.69) is 15.5 Å². The molecule has 1 N–H and O–H groups in total. The van der Waals surface area contributed by atoms with Crippen LogP contribution in [-0.2, 0) is 11.2 Å². The molecule has 0 amide bonds. The SMILES string of the molecule is CNC1(Cc2nc(C(OC)C3CC3)no2)CCCCC1. The Bertz CT molecular complexity index is 436. The van der Waals surface area contributed by atoms with E-state index in [0.29, 0.717) is 5.92 Å². The number of hydrogen-bond acceptors (Lipinski definition) is 5. The molecule has 5 nitrogen and oxygen atoms in total. The van der Waals surface area contributed by atoms with Crippen molar-refractivity contribution in [2.75, 3.05) is 14.2 Å². The third-order valence-electron chi connectivity index (χ3n) is 4.87. The van der Waals surface area contributed by atoms with Gasteiger partial charge in [0.15, 0.2) is 0 Å². The smallest absolute Gasteiger partial charge is 0.228 e. The molecule has 1 atom stereocenters. The van der Waals surface area contributed by atoms with Crippen molar-refractivity contribution in [3.05, 3.63) is 11.7 Å². The molecule has 112 valence electrons. The first-order valence-corrected chi connectivity index (χ1v) is 7.80. The molecular formula is C15H25N3O2. The minimum atomic E-state index is 0.0180. The Morgan fingerprint density at radius 2 is 2.10 bits per heavy atom. The zero-order valence-electron chi connectivity index (χ0n) is 12.5. The van der Waals surface area contributed by atoms with E-state index in [9.17, 15) is 0 Å². The number of rotatable bonds is 6. The number of hydrogen-bond donors (Lipinski definition) is 1. The lowest BCUT2D eigenvalue weighted by Gasteiger charge is -2.36. The molecule has 0 bridgehead atoms. The summed E-state index contributed by atoms with van der Waals surface area (Å²) in [6.07, 6.45) is 9.56. The summed E-state index contributed by atoms with van der Waals surface area (Å²) in [5.41, 5.74) is 0.143. The van der Waals surface area contributed by atoms with Crippen LogP contribution >= 0.6 is 0 Å². The minimum absolute atomic E-state index is 0.0180. The first-order chi connectivity index (χ1) is 9.76. The van der Waals surface area contributed by atoms with Crippen molar-refractivity contribution >= 4 is 0 Å². The summed E-state index contributed by atoms with van der Waals surface area (Å²) in [5, 5.41) is 7.64. The number of likely N-dealkylation sites (N-methyl/N-ethyl adjacent to an activating group) is 1. The van der Waals surface area contributed by atoms with E-state index >= 15 is 0 Å². The van der Waals surface area contributed by atoms with Gasteiger partial charge in [-0.25, -0.2) is 0 Å². The molecule has 0 saturated heterocycles. The summed E-state index contributed by atoms with van der Waals surface area (Å²) in [7, 11) is 3.78. The molecule has 0 spiro atoms. The summed E-state index contributed by atoms with van der Waals surface area (Å²) >= 11 is 0. The lowest BCUT2D eigenvalue weighted by molar-refractivity contribution is 0.0751. The maximum absolute atomic E-state index is 5.51. The first-order valence-electron chi connectivity index (χ1n) is 7.80. The van der Waals surface area contributed by atoms with Crippen LogP contribution in [0.5, 0.6) is 0 Å². The fraction of sp³-hybridized carbons (Fsp3) is 0.867. The normalized spacial score (nSPS) is 23.7. The quantitative estimate of drug-likeness (QED) is 0.867. The van der Waals surface area contributed by atoms with Crippen molar-refractivity contribution in [3.63, 3.8) is 0 Å². The Kier molecular flexibility index (Phi) is 4.08. The molecule has 1 aromatic heterocycles. The van der Waals surface area contributed by atoms with Gasteiger partial charge in [-0.3, -0.25) is 0 Å².